The summed E-state index contributed by atoms with van der Waals surface area (Å²) >= 11 is 0. The summed E-state index contributed by atoms with van der Waals surface area (Å²) in [7, 11) is 1.83. The topological polar surface area (TPSA) is 41.7 Å². The lowest BCUT2D eigenvalue weighted by molar-refractivity contribution is -0.0968. The molecule has 2 N–H and O–H groups in total. The first-order valence-corrected chi connectivity index (χ1v) is 8.46. The van der Waals surface area contributed by atoms with Crippen molar-refractivity contribution in [2.75, 3.05) is 46.4 Å². The van der Waals surface area contributed by atoms with Crippen molar-refractivity contribution in [2.45, 2.75) is 50.2 Å². The van der Waals surface area contributed by atoms with Crippen LogP contribution in [0, 0.1) is 5.92 Å². The summed E-state index contributed by atoms with van der Waals surface area (Å²) in [6.07, 6.45) is 8.25. The normalized spacial score (nSPS) is 37.2. The van der Waals surface area contributed by atoms with Crippen LogP contribution in [-0.4, -0.2) is 67.8 Å². The molecule has 0 atom stereocenters. The number of hydrogen-bond acceptors (Lipinski definition) is 4. The zero-order valence-electron chi connectivity index (χ0n) is 13.0. The van der Waals surface area contributed by atoms with Gasteiger partial charge >= 0.3 is 0 Å². The SMILES string of the molecule is COC1CC(CN)(N2CCC(CN3CCCC3)CC2)C1. The van der Waals surface area contributed by atoms with Crippen LogP contribution in [0.4, 0.5) is 0 Å². The third-order valence-corrected chi connectivity index (χ3v) is 5.93. The molecule has 0 bridgehead atoms. The molecule has 116 valence electrons. The van der Waals surface area contributed by atoms with Gasteiger partial charge in [-0.3, -0.25) is 4.90 Å². The summed E-state index contributed by atoms with van der Waals surface area (Å²) in [5.41, 5.74) is 6.34. The molecule has 2 saturated heterocycles. The fourth-order valence-corrected chi connectivity index (χ4v) is 4.43. The lowest BCUT2D eigenvalue weighted by Crippen LogP contribution is -2.65. The first kappa shape index (κ1) is 14.8. The minimum atomic E-state index is 0.263. The molecule has 0 aromatic rings. The molecular weight excluding hydrogens is 250 g/mol. The monoisotopic (exact) mass is 281 g/mol. The van der Waals surface area contributed by atoms with E-state index in [9.17, 15) is 0 Å². The van der Waals surface area contributed by atoms with Crippen LogP contribution in [0.15, 0.2) is 0 Å². The molecule has 2 aliphatic heterocycles. The van der Waals surface area contributed by atoms with E-state index in [1.165, 1.54) is 58.4 Å². The molecule has 3 aliphatic rings. The molecule has 0 amide bonds. The second kappa shape index (κ2) is 6.30. The van der Waals surface area contributed by atoms with E-state index < -0.39 is 0 Å². The number of nitrogens with two attached hydrogens (primary N) is 1. The number of hydrogen-bond donors (Lipinski definition) is 1. The molecule has 1 saturated carbocycles. The minimum Gasteiger partial charge on any atom is -0.381 e. The maximum atomic E-state index is 6.08. The molecule has 2 heterocycles. The Kier molecular flexibility index (Phi) is 4.65. The van der Waals surface area contributed by atoms with Gasteiger partial charge in [-0.15, -0.1) is 0 Å². The van der Waals surface area contributed by atoms with Gasteiger partial charge in [-0.2, -0.15) is 0 Å². The molecule has 0 aromatic heterocycles. The van der Waals surface area contributed by atoms with Crippen LogP contribution in [0.5, 0.6) is 0 Å². The molecule has 3 fully saturated rings. The Labute approximate surface area is 123 Å². The van der Waals surface area contributed by atoms with Gasteiger partial charge in [0, 0.05) is 25.7 Å². The van der Waals surface area contributed by atoms with Gasteiger partial charge in [0.15, 0.2) is 0 Å². The van der Waals surface area contributed by atoms with Crippen LogP contribution < -0.4 is 5.73 Å². The fraction of sp³-hybridized carbons (Fsp3) is 1.00. The highest BCUT2D eigenvalue weighted by Crippen LogP contribution is 2.40. The second-order valence-electron chi connectivity index (χ2n) is 7.13. The number of nitrogens with zero attached hydrogens (tertiary/aromatic N) is 2. The summed E-state index contributed by atoms with van der Waals surface area (Å²) in [5.74, 6) is 0.914. The van der Waals surface area contributed by atoms with Crippen molar-refractivity contribution in [2.24, 2.45) is 11.7 Å². The predicted molar refractivity (Wildman–Crippen MR) is 81.8 cm³/mol. The quantitative estimate of drug-likeness (QED) is 0.825. The van der Waals surface area contributed by atoms with E-state index in [0.717, 1.165) is 25.3 Å². The molecule has 0 radical (unpaired) electrons. The average Bonchev–Trinajstić information content (AvgIpc) is 2.93. The first-order chi connectivity index (χ1) is 9.75. The van der Waals surface area contributed by atoms with E-state index in [2.05, 4.69) is 9.80 Å². The summed E-state index contributed by atoms with van der Waals surface area (Å²) in [6, 6.07) is 0. The van der Waals surface area contributed by atoms with Gasteiger partial charge in [-0.05, 0) is 70.6 Å². The van der Waals surface area contributed by atoms with Gasteiger partial charge < -0.3 is 15.4 Å². The lowest BCUT2D eigenvalue weighted by Gasteiger charge is -2.55. The van der Waals surface area contributed by atoms with Crippen LogP contribution in [0.1, 0.15) is 38.5 Å². The number of methoxy groups -OCH3 is 1. The standard InChI is InChI=1S/C16H31N3O/c1-20-15-10-16(11-15,13-17)19-8-4-14(5-9-19)12-18-6-2-3-7-18/h14-15H,2-13,17H2,1H3. The average molecular weight is 281 g/mol. The number of likely N-dealkylation sites (tertiary alicyclic amines) is 2. The van der Waals surface area contributed by atoms with E-state index >= 15 is 0 Å². The van der Waals surface area contributed by atoms with Gasteiger partial charge in [-0.25, -0.2) is 0 Å². The number of ether oxygens (including phenoxy) is 1. The zero-order chi connectivity index (χ0) is 14.0. The molecule has 4 heteroatoms. The molecule has 3 rings (SSSR count). The Morgan fingerprint density at radius 1 is 1.10 bits per heavy atom. The molecule has 1 aliphatic carbocycles. The first-order valence-electron chi connectivity index (χ1n) is 8.46. The smallest absolute Gasteiger partial charge is 0.0607 e. The number of rotatable bonds is 5. The Hall–Kier alpha value is -0.160. The summed E-state index contributed by atoms with van der Waals surface area (Å²) < 4.78 is 5.45. The van der Waals surface area contributed by atoms with Crippen molar-refractivity contribution < 1.29 is 4.74 Å². The molecular formula is C16H31N3O. The molecule has 0 aromatic carbocycles. The third-order valence-electron chi connectivity index (χ3n) is 5.93. The van der Waals surface area contributed by atoms with Crippen molar-refractivity contribution >= 4 is 0 Å². The summed E-state index contributed by atoms with van der Waals surface area (Å²) in [6.45, 7) is 7.29. The van der Waals surface area contributed by atoms with Crippen LogP contribution in [0.25, 0.3) is 0 Å². The molecule has 0 unspecified atom stereocenters. The number of piperidine rings is 1. The van der Waals surface area contributed by atoms with Gasteiger partial charge in [0.05, 0.1) is 6.10 Å². The molecule has 4 nitrogen and oxygen atoms in total. The van der Waals surface area contributed by atoms with Crippen molar-refractivity contribution in [3.05, 3.63) is 0 Å². The molecule has 0 spiro atoms. The van der Waals surface area contributed by atoms with E-state index in [0.29, 0.717) is 6.10 Å². The fourth-order valence-electron chi connectivity index (χ4n) is 4.43. The highest BCUT2D eigenvalue weighted by atomic mass is 16.5. The van der Waals surface area contributed by atoms with Gasteiger partial charge in [0.2, 0.25) is 0 Å². The molecule has 20 heavy (non-hydrogen) atoms. The van der Waals surface area contributed by atoms with E-state index in [-0.39, 0.29) is 5.54 Å². The Balaban J connectivity index is 1.45. The van der Waals surface area contributed by atoms with Crippen molar-refractivity contribution in [1.82, 2.24) is 9.80 Å². The van der Waals surface area contributed by atoms with Crippen LogP contribution in [0.3, 0.4) is 0 Å². The third kappa shape index (κ3) is 2.89. The maximum absolute atomic E-state index is 6.08. The Morgan fingerprint density at radius 2 is 1.75 bits per heavy atom. The Morgan fingerprint density at radius 3 is 2.30 bits per heavy atom. The summed E-state index contributed by atoms with van der Waals surface area (Å²) in [5, 5.41) is 0. The van der Waals surface area contributed by atoms with Crippen molar-refractivity contribution in [3.63, 3.8) is 0 Å². The van der Waals surface area contributed by atoms with Gasteiger partial charge in [-0.1, -0.05) is 0 Å². The van der Waals surface area contributed by atoms with Crippen LogP contribution in [0.2, 0.25) is 0 Å². The van der Waals surface area contributed by atoms with Gasteiger partial charge in [0.1, 0.15) is 0 Å². The maximum Gasteiger partial charge on any atom is 0.0607 e. The van der Waals surface area contributed by atoms with Gasteiger partial charge in [0.25, 0.3) is 0 Å². The largest absolute Gasteiger partial charge is 0.381 e. The summed E-state index contributed by atoms with van der Waals surface area (Å²) in [4.78, 5) is 5.34. The highest BCUT2D eigenvalue weighted by molar-refractivity contribution is 5.05. The van der Waals surface area contributed by atoms with Crippen LogP contribution >= 0.6 is 0 Å². The Bertz CT molecular complexity index is 303. The second-order valence-corrected chi connectivity index (χ2v) is 7.13. The van der Waals surface area contributed by atoms with Crippen molar-refractivity contribution in [1.29, 1.82) is 0 Å². The van der Waals surface area contributed by atoms with Crippen molar-refractivity contribution in [3.8, 4) is 0 Å². The van der Waals surface area contributed by atoms with E-state index in [1.54, 1.807) is 0 Å². The van der Waals surface area contributed by atoms with Crippen LogP contribution in [-0.2, 0) is 4.74 Å². The lowest BCUT2D eigenvalue weighted by atomic mass is 9.71. The highest BCUT2D eigenvalue weighted by Gasteiger charge is 2.48. The zero-order valence-corrected chi connectivity index (χ0v) is 13.0. The van der Waals surface area contributed by atoms with E-state index in [4.69, 9.17) is 10.5 Å². The predicted octanol–water partition coefficient (Wildman–Crippen LogP) is 1.30. The minimum absolute atomic E-state index is 0.263. The van der Waals surface area contributed by atoms with E-state index in [1.807, 2.05) is 7.11 Å².